The number of benzene rings is 1. The summed E-state index contributed by atoms with van der Waals surface area (Å²) in [6.07, 6.45) is 2.95. The van der Waals surface area contributed by atoms with Crippen molar-refractivity contribution in [3.05, 3.63) is 53.6 Å². The predicted molar refractivity (Wildman–Crippen MR) is 76.5 cm³/mol. The monoisotopic (exact) mass is 288 g/mol. The molecule has 1 unspecified atom stereocenters. The van der Waals surface area contributed by atoms with Gasteiger partial charge in [-0.05, 0) is 24.1 Å². The van der Waals surface area contributed by atoms with E-state index in [1.165, 1.54) is 19.1 Å². The van der Waals surface area contributed by atoms with Crippen LogP contribution in [0, 0.1) is 11.3 Å². The second kappa shape index (κ2) is 5.54. The van der Waals surface area contributed by atoms with Crippen molar-refractivity contribution in [2.45, 2.75) is 6.92 Å². The molecule has 5 nitrogen and oxygen atoms in total. The largest absolute Gasteiger partial charge is 0.481 e. The van der Waals surface area contributed by atoms with Crippen LogP contribution in [0.4, 0.5) is 0 Å². The number of carboxylic acids is 2. The summed E-state index contributed by atoms with van der Waals surface area (Å²) in [6.45, 7) is 0.884. The first-order valence-electron chi connectivity index (χ1n) is 6.47. The number of hydrogen-bond acceptors (Lipinski definition) is 3. The van der Waals surface area contributed by atoms with Gasteiger partial charge < -0.3 is 15.3 Å². The number of rotatable bonds is 4. The number of aliphatic carboxylic acids is 2. The molecule has 0 radical (unpaired) electrons. The van der Waals surface area contributed by atoms with Gasteiger partial charge in [0.15, 0.2) is 0 Å². The lowest BCUT2D eigenvalue weighted by atomic mass is 9.68. The molecule has 5 heteroatoms. The summed E-state index contributed by atoms with van der Waals surface area (Å²) in [5, 5.41) is 28.3. The molecule has 0 aromatic heterocycles. The van der Waals surface area contributed by atoms with Gasteiger partial charge in [-0.25, -0.2) is 4.79 Å². The standard InChI is InChI=1S/C16H16O5/c1-16(15(20)21)8-11(10-5-3-2-4-6-10)7-12(14(18)19)13(16)9-17/h2-8,13,17H,9H2,1H3,(H,18,19)(H,20,21)/t13?,16-/m0/s1. The van der Waals surface area contributed by atoms with E-state index in [4.69, 9.17) is 0 Å². The zero-order chi connectivity index (χ0) is 15.6. The van der Waals surface area contributed by atoms with E-state index in [1.54, 1.807) is 24.3 Å². The first-order valence-corrected chi connectivity index (χ1v) is 6.47. The maximum atomic E-state index is 11.6. The van der Waals surface area contributed by atoms with Crippen LogP contribution in [-0.2, 0) is 9.59 Å². The Morgan fingerprint density at radius 2 is 1.81 bits per heavy atom. The molecule has 0 aliphatic heterocycles. The first-order chi connectivity index (χ1) is 9.90. The summed E-state index contributed by atoms with van der Waals surface area (Å²) in [5.74, 6) is -3.37. The summed E-state index contributed by atoms with van der Waals surface area (Å²) in [5.41, 5.74) is -0.297. The van der Waals surface area contributed by atoms with E-state index in [9.17, 15) is 24.9 Å². The molecule has 21 heavy (non-hydrogen) atoms. The molecule has 0 saturated carbocycles. The van der Waals surface area contributed by atoms with Crippen LogP contribution < -0.4 is 0 Å². The van der Waals surface area contributed by atoms with Gasteiger partial charge in [-0.3, -0.25) is 4.79 Å². The van der Waals surface area contributed by atoms with Gasteiger partial charge in [0.2, 0.25) is 0 Å². The molecule has 0 heterocycles. The molecule has 3 N–H and O–H groups in total. The molecular formula is C16H16O5. The number of allylic oxidation sites excluding steroid dienone is 2. The minimum Gasteiger partial charge on any atom is -0.481 e. The zero-order valence-corrected chi connectivity index (χ0v) is 11.5. The summed E-state index contributed by atoms with van der Waals surface area (Å²) in [6, 6.07) is 8.97. The quantitative estimate of drug-likeness (QED) is 0.785. The van der Waals surface area contributed by atoms with Gasteiger partial charge in [0.25, 0.3) is 0 Å². The predicted octanol–water partition coefficient (Wildman–Crippen LogP) is 1.79. The molecule has 2 rings (SSSR count). The van der Waals surface area contributed by atoms with Gasteiger partial charge in [-0.2, -0.15) is 0 Å². The van der Waals surface area contributed by atoms with Crippen molar-refractivity contribution in [1.82, 2.24) is 0 Å². The van der Waals surface area contributed by atoms with Crippen LogP contribution in [-0.4, -0.2) is 33.9 Å². The highest BCUT2D eigenvalue weighted by molar-refractivity contribution is 5.97. The van der Waals surface area contributed by atoms with E-state index in [2.05, 4.69) is 0 Å². The molecule has 0 bridgehead atoms. The van der Waals surface area contributed by atoms with Gasteiger partial charge >= 0.3 is 11.9 Å². The Hall–Kier alpha value is -2.40. The maximum absolute atomic E-state index is 11.6. The molecule has 0 saturated heterocycles. The molecule has 2 atom stereocenters. The molecule has 0 amide bonds. The summed E-state index contributed by atoms with van der Waals surface area (Å²) in [7, 11) is 0. The molecule has 0 fully saturated rings. The molecule has 1 aliphatic carbocycles. The Morgan fingerprint density at radius 3 is 2.29 bits per heavy atom. The maximum Gasteiger partial charge on any atom is 0.332 e. The molecular weight excluding hydrogens is 272 g/mol. The normalized spacial score (nSPS) is 25.0. The van der Waals surface area contributed by atoms with Crippen LogP contribution in [0.1, 0.15) is 12.5 Å². The van der Waals surface area contributed by atoms with Crippen molar-refractivity contribution in [3.63, 3.8) is 0 Å². The van der Waals surface area contributed by atoms with Crippen molar-refractivity contribution < 1.29 is 24.9 Å². The Labute approximate surface area is 121 Å². The Balaban J connectivity index is 2.63. The van der Waals surface area contributed by atoms with Crippen LogP contribution >= 0.6 is 0 Å². The lowest BCUT2D eigenvalue weighted by Gasteiger charge is -2.34. The summed E-state index contributed by atoms with van der Waals surface area (Å²) in [4.78, 5) is 23.0. The summed E-state index contributed by atoms with van der Waals surface area (Å²) < 4.78 is 0. The molecule has 110 valence electrons. The van der Waals surface area contributed by atoms with Gasteiger partial charge in [0.1, 0.15) is 0 Å². The van der Waals surface area contributed by atoms with Gasteiger partial charge in [0, 0.05) is 11.5 Å². The second-order valence-electron chi connectivity index (χ2n) is 5.19. The number of aliphatic hydroxyl groups is 1. The highest BCUT2D eigenvalue weighted by Gasteiger charge is 2.45. The van der Waals surface area contributed by atoms with Crippen LogP contribution in [0.2, 0.25) is 0 Å². The fraction of sp³-hybridized carbons (Fsp3) is 0.250. The molecule has 1 aromatic carbocycles. The van der Waals surface area contributed by atoms with Gasteiger partial charge in [0.05, 0.1) is 12.0 Å². The third kappa shape index (κ3) is 2.60. The minimum atomic E-state index is -1.47. The summed E-state index contributed by atoms with van der Waals surface area (Å²) >= 11 is 0. The van der Waals surface area contributed by atoms with Crippen LogP contribution in [0.3, 0.4) is 0 Å². The highest BCUT2D eigenvalue weighted by atomic mass is 16.4. The van der Waals surface area contributed by atoms with Crippen molar-refractivity contribution in [2.24, 2.45) is 11.3 Å². The fourth-order valence-electron chi connectivity index (χ4n) is 2.56. The fourth-order valence-corrected chi connectivity index (χ4v) is 2.56. The lowest BCUT2D eigenvalue weighted by Crippen LogP contribution is -2.40. The van der Waals surface area contributed by atoms with Crippen molar-refractivity contribution in [2.75, 3.05) is 6.61 Å². The number of carboxylic acid groups (broad SMARTS) is 2. The second-order valence-corrected chi connectivity index (χ2v) is 5.19. The SMILES string of the molecule is C[C@]1(C(=O)O)C=C(c2ccccc2)C=C(C(=O)O)C1CO. The zero-order valence-electron chi connectivity index (χ0n) is 11.5. The molecule has 1 aliphatic rings. The topological polar surface area (TPSA) is 94.8 Å². The van der Waals surface area contributed by atoms with Crippen molar-refractivity contribution in [1.29, 1.82) is 0 Å². The van der Waals surface area contributed by atoms with Crippen LogP contribution in [0.25, 0.3) is 5.57 Å². The lowest BCUT2D eigenvalue weighted by molar-refractivity contribution is -0.148. The van der Waals surface area contributed by atoms with E-state index >= 15 is 0 Å². The minimum absolute atomic E-state index is 0.0937. The van der Waals surface area contributed by atoms with Crippen LogP contribution in [0.5, 0.6) is 0 Å². The van der Waals surface area contributed by atoms with E-state index in [0.29, 0.717) is 5.57 Å². The van der Waals surface area contributed by atoms with E-state index in [-0.39, 0.29) is 5.57 Å². The first kappa shape index (κ1) is 15.0. The molecule has 1 aromatic rings. The average Bonchev–Trinajstić information content (AvgIpc) is 2.47. The Bertz CT molecular complexity index is 629. The third-order valence-corrected chi connectivity index (χ3v) is 3.86. The third-order valence-electron chi connectivity index (χ3n) is 3.86. The van der Waals surface area contributed by atoms with Gasteiger partial charge in [-0.15, -0.1) is 0 Å². The highest BCUT2D eigenvalue weighted by Crippen LogP contribution is 2.42. The van der Waals surface area contributed by atoms with Crippen molar-refractivity contribution >= 4 is 17.5 Å². The van der Waals surface area contributed by atoms with E-state index < -0.39 is 29.9 Å². The van der Waals surface area contributed by atoms with E-state index in [1.807, 2.05) is 6.07 Å². The molecule has 0 spiro atoms. The smallest absolute Gasteiger partial charge is 0.332 e. The van der Waals surface area contributed by atoms with Gasteiger partial charge in [-0.1, -0.05) is 36.4 Å². The number of hydrogen-bond donors (Lipinski definition) is 3. The average molecular weight is 288 g/mol. The number of carbonyl (C=O) groups is 2. The number of aliphatic hydroxyl groups excluding tert-OH is 1. The van der Waals surface area contributed by atoms with Crippen LogP contribution in [0.15, 0.2) is 48.1 Å². The Morgan fingerprint density at radius 1 is 1.19 bits per heavy atom. The van der Waals surface area contributed by atoms with E-state index in [0.717, 1.165) is 5.56 Å². The van der Waals surface area contributed by atoms with Crippen molar-refractivity contribution in [3.8, 4) is 0 Å². The Kier molecular flexibility index (Phi) is 3.95.